The molecule has 0 aliphatic heterocycles. The van der Waals surface area contributed by atoms with Crippen LogP contribution in [-0.2, 0) is 11.3 Å². The first-order valence-corrected chi connectivity index (χ1v) is 6.17. The molecule has 2 unspecified atom stereocenters. The number of nitrogens with zero attached hydrogens (tertiary/aromatic N) is 2. The van der Waals surface area contributed by atoms with Gasteiger partial charge in [-0.25, -0.2) is 9.59 Å². The number of hydrogen-bond acceptors (Lipinski definition) is 3. The third-order valence-electron chi connectivity index (χ3n) is 2.97. The molecule has 1 aromatic heterocycles. The number of carbonyl (C=O) groups excluding carboxylic acids is 1. The Bertz CT molecular complexity index is 432. The predicted octanol–water partition coefficient (Wildman–Crippen LogP) is 0.824. The van der Waals surface area contributed by atoms with Gasteiger partial charge in [-0.3, -0.25) is 4.68 Å². The van der Waals surface area contributed by atoms with Crippen LogP contribution in [0.3, 0.4) is 0 Å². The number of urea groups is 1. The van der Waals surface area contributed by atoms with Gasteiger partial charge in [-0.15, -0.1) is 0 Å². The molecule has 2 amide bonds. The van der Waals surface area contributed by atoms with Gasteiger partial charge in [0.05, 0.1) is 6.54 Å². The van der Waals surface area contributed by atoms with Crippen LogP contribution in [0, 0.1) is 0 Å². The second kappa shape index (κ2) is 6.21. The molecule has 0 radical (unpaired) electrons. The highest BCUT2D eigenvalue weighted by molar-refractivity contribution is 5.85. The van der Waals surface area contributed by atoms with Crippen molar-refractivity contribution in [3.8, 4) is 0 Å². The number of aliphatic carboxylic acids is 1. The third-order valence-corrected chi connectivity index (χ3v) is 2.97. The zero-order valence-corrected chi connectivity index (χ0v) is 11.4. The first kappa shape index (κ1) is 15.0. The fourth-order valence-electron chi connectivity index (χ4n) is 1.54. The van der Waals surface area contributed by atoms with Crippen LogP contribution in [0.2, 0.25) is 0 Å². The Morgan fingerprint density at radius 1 is 1.53 bits per heavy atom. The van der Waals surface area contributed by atoms with Crippen LogP contribution in [-0.4, -0.2) is 38.5 Å². The quantitative estimate of drug-likeness (QED) is 0.711. The summed E-state index contributed by atoms with van der Waals surface area (Å²) in [5.74, 6) is -1.05. The van der Waals surface area contributed by atoms with Gasteiger partial charge in [0.1, 0.15) is 5.54 Å². The summed E-state index contributed by atoms with van der Waals surface area (Å²) >= 11 is 0. The number of amides is 2. The smallest absolute Gasteiger partial charge is 0.329 e. The molecule has 0 spiro atoms. The van der Waals surface area contributed by atoms with Crippen molar-refractivity contribution in [3.63, 3.8) is 0 Å². The molecule has 7 nitrogen and oxygen atoms in total. The molecule has 0 bridgehead atoms. The van der Waals surface area contributed by atoms with E-state index >= 15 is 0 Å². The lowest BCUT2D eigenvalue weighted by atomic mass is 10.00. The van der Waals surface area contributed by atoms with Gasteiger partial charge in [0.25, 0.3) is 0 Å². The summed E-state index contributed by atoms with van der Waals surface area (Å²) in [4.78, 5) is 22.8. The minimum atomic E-state index is -1.25. The molecular weight excluding hydrogens is 248 g/mol. The Labute approximate surface area is 112 Å². The monoisotopic (exact) mass is 268 g/mol. The van der Waals surface area contributed by atoms with Gasteiger partial charge >= 0.3 is 12.0 Å². The summed E-state index contributed by atoms with van der Waals surface area (Å²) in [6.07, 6.45) is 3.76. The first-order chi connectivity index (χ1) is 8.87. The van der Waals surface area contributed by atoms with E-state index in [0.717, 1.165) is 0 Å². The molecule has 0 aromatic carbocycles. The van der Waals surface area contributed by atoms with Crippen molar-refractivity contribution < 1.29 is 14.7 Å². The summed E-state index contributed by atoms with van der Waals surface area (Å²) in [6.45, 7) is 5.54. The highest BCUT2D eigenvalue weighted by Gasteiger charge is 2.32. The SMILES string of the molecule is CCC(C)(NC(=O)NC(C)Cn1cccn1)C(=O)O. The number of nitrogens with one attached hydrogen (secondary N) is 2. The van der Waals surface area contributed by atoms with E-state index < -0.39 is 17.5 Å². The molecule has 1 aromatic rings. The van der Waals surface area contributed by atoms with Gasteiger partial charge < -0.3 is 15.7 Å². The number of hydrogen-bond donors (Lipinski definition) is 3. The maximum absolute atomic E-state index is 11.7. The molecule has 106 valence electrons. The van der Waals surface area contributed by atoms with E-state index in [9.17, 15) is 9.59 Å². The van der Waals surface area contributed by atoms with E-state index in [-0.39, 0.29) is 6.04 Å². The van der Waals surface area contributed by atoms with Crippen molar-refractivity contribution in [2.24, 2.45) is 0 Å². The van der Waals surface area contributed by atoms with Crippen LogP contribution in [0.1, 0.15) is 27.2 Å². The lowest BCUT2D eigenvalue weighted by Gasteiger charge is -2.25. The number of carboxylic acids is 1. The van der Waals surface area contributed by atoms with Crippen molar-refractivity contribution in [2.45, 2.75) is 45.3 Å². The average molecular weight is 268 g/mol. The van der Waals surface area contributed by atoms with E-state index in [1.807, 2.05) is 6.92 Å². The van der Waals surface area contributed by atoms with Crippen LogP contribution < -0.4 is 10.6 Å². The van der Waals surface area contributed by atoms with Crippen LogP contribution in [0.25, 0.3) is 0 Å². The Kier molecular flexibility index (Phi) is 4.91. The fraction of sp³-hybridized carbons (Fsp3) is 0.583. The maximum Gasteiger partial charge on any atom is 0.329 e. The number of carbonyl (C=O) groups is 2. The molecule has 0 saturated heterocycles. The molecular formula is C12H20N4O3. The van der Waals surface area contributed by atoms with E-state index in [1.54, 1.807) is 30.1 Å². The molecule has 0 saturated carbocycles. The van der Waals surface area contributed by atoms with E-state index in [4.69, 9.17) is 5.11 Å². The largest absolute Gasteiger partial charge is 0.480 e. The normalized spacial score (nSPS) is 15.3. The van der Waals surface area contributed by atoms with Gasteiger partial charge in [-0.2, -0.15) is 5.10 Å². The molecule has 0 aliphatic rings. The van der Waals surface area contributed by atoms with Crippen LogP contribution in [0.4, 0.5) is 4.79 Å². The topological polar surface area (TPSA) is 96.3 Å². The summed E-state index contributed by atoms with van der Waals surface area (Å²) in [5.41, 5.74) is -1.25. The minimum absolute atomic E-state index is 0.158. The van der Waals surface area contributed by atoms with Gasteiger partial charge in [-0.05, 0) is 26.3 Å². The molecule has 7 heteroatoms. The minimum Gasteiger partial charge on any atom is -0.480 e. The van der Waals surface area contributed by atoms with E-state index in [1.165, 1.54) is 6.92 Å². The molecule has 1 heterocycles. The van der Waals surface area contributed by atoms with Gasteiger partial charge in [-0.1, -0.05) is 6.92 Å². The summed E-state index contributed by atoms with van der Waals surface area (Å²) in [6, 6.07) is 1.15. The first-order valence-electron chi connectivity index (χ1n) is 6.17. The number of aromatic nitrogens is 2. The zero-order chi connectivity index (χ0) is 14.5. The fourth-order valence-corrected chi connectivity index (χ4v) is 1.54. The van der Waals surface area contributed by atoms with E-state index in [2.05, 4.69) is 15.7 Å². The Balaban J connectivity index is 2.48. The second-order valence-electron chi connectivity index (χ2n) is 4.72. The Hall–Kier alpha value is -2.05. The van der Waals surface area contributed by atoms with Crippen LogP contribution in [0.15, 0.2) is 18.5 Å². The number of rotatable bonds is 6. The zero-order valence-electron chi connectivity index (χ0n) is 11.4. The van der Waals surface area contributed by atoms with Crippen molar-refractivity contribution in [3.05, 3.63) is 18.5 Å². The van der Waals surface area contributed by atoms with Crippen LogP contribution >= 0.6 is 0 Å². The summed E-state index contributed by atoms with van der Waals surface area (Å²) < 4.78 is 1.70. The van der Waals surface area contributed by atoms with Crippen molar-refractivity contribution >= 4 is 12.0 Å². The van der Waals surface area contributed by atoms with Gasteiger partial charge in [0.15, 0.2) is 0 Å². The summed E-state index contributed by atoms with van der Waals surface area (Å²) in [7, 11) is 0. The van der Waals surface area contributed by atoms with Crippen molar-refractivity contribution in [1.82, 2.24) is 20.4 Å². The van der Waals surface area contributed by atoms with Gasteiger partial charge in [0, 0.05) is 18.4 Å². The highest BCUT2D eigenvalue weighted by atomic mass is 16.4. The predicted molar refractivity (Wildman–Crippen MR) is 69.7 cm³/mol. The Morgan fingerprint density at radius 3 is 2.68 bits per heavy atom. The van der Waals surface area contributed by atoms with Crippen LogP contribution in [0.5, 0.6) is 0 Å². The van der Waals surface area contributed by atoms with E-state index in [0.29, 0.717) is 13.0 Å². The Morgan fingerprint density at radius 2 is 2.21 bits per heavy atom. The second-order valence-corrected chi connectivity index (χ2v) is 4.72. The molecule has 3 N–H and O–H groups in total. The third kappa shape index (κ3) is 4.27. The molecule has 2 atom stereocenters. The van der Waals surface area contributed by atoms with Crippen molar-refractivity contribution in [1.29, 1.82) is 0 Å². The molecule has 0 aliphatic carbocycles. The molecule has 19 heavy (non-hydrogen) atoms. The van der Waals surface area contributed by atoms with Crippen molar-refractivity contribution in [2.75, 3.05) is 0 Å². The van der Waals surface area contributed by atoms with Gasteiger partial charge in [0.2, 0.25) is 0 Å². The lowest BCUT2D eigenvalue weighted by Crippen LogP contribution is -2.56. The highest BCUT2D eigenvalue weighted by Crippen LogP contribution is 2.08. The molecule has 1 rings (SSSR count). The lowest BCUT2D eigenvalue weighted by molar-refractivity contribution is -0.143. The maximum atomic E-state index is 11.7. The standard InChI is InChI=1S/C12H20N4O3/c1-4-12(3,10(17)18)15-11(19)14-9(2)8-16-7-5-6-13-16/h5-7,9H,4,8H2,1-3H3,(H,17,18)(H2,14,15,19). The molecule has 0 fully saturated rings. The number of carboxylic acid groups (broad SMARTS) is 1. The summed E-state index contributed by atoms with van der Waals surface area (Å²) in [5, 5.41) is 18.3. The average Bonchev–Trinajstić information content (AvgIpc) is 2.80.